The van der Waals surface area contributed by atoms with Crippen LogP contribution in [0.5, 0.6) is 0 Å². The third kappa shape index (κ3) is 4.37. The summed E-state index contributed by atoms with van der Waals surface area (Å²) in [6, 6.07) is 0. The molecule has 0 radical (unpaired) electrons. The van der Waals surface area contributed by atoms with Crippen molar-refractivity contribution >= 4 is 9.24 Å². The van der Waals surface area contributed by atoms with Gasteiger partial charge in [0.2, 0.25) is 0 Å². The van der Waals surface area contributed by atoms with Crippen molar-refractivity contribution in [3.05, 3.63) is 11.9 Å². The highest BCUT2D eigenvalue weighted by Gasteiger charge is 2.30. The average Bonchev–Trinajstić information content (AvgIpc) is 2.46. The van der Waals surface area contributed by atoms with E-state index in [1.54, 1.807) is 0 Å². The molecule has 18 heavy (non-hydrogen) atoms. The van der Waals surface area contributed by atoms with Crippen molar-refractivity contribution in [3.8, 4) is 0 Å². The van der Waals surface area contributed by atoms with Gasteiger partial charge < -0.3 is 0 Å². The maximum absolute atomic E-state index is 2.72. The highest BCUT2D eigenvalue weighted by molar-refractivity contribution is 7.20. The maximum Gasteiger partial charge on any atom is -0.0345 e. The number of hydrogen-bond acceptors (Lipinski definition) is 0. The van der Waals surface area contributed by atoms with E-state index in [4.69, 9.17) is 0 Å². The third-order valence-electron chi connectivity index (χ3n) is 5.31. The van der Waals surface area contributed by atoms with Gasteiger partial charge in [0.1, 0.15) is 0 Å². The SMILES string of the molecule is PC=CCCC(C1CCCCC1)C1CCCCC1. The number of allylic oxidation sites excluding steroid dienone is 1. The quantitative estimate of drug-likeness (QED) is 0.541. The molecule has 104 valence electrons. The van der Waals surface area contributed by atoms with Crippen LogP contribution in [0, 0.1) is 17.8 Å². The molecule has 0 heterocycles. The minimum atomic E-state index is 1.05. The van der Waals surface area contributed by atoms with Crippen molar-refractivity contribution in [2.24, 2.45) is 17.8 Å². The average molecular weight is 266 g/mol. The van der Waals surface area contributed by atoms with Crippen LogP contribution in [-0.2, 0) is 0 Å². The van der Waals surface area contributed by atoms with Crippen LogP contribution in [0.4, 0.5) is 0 Å². The molecule has 1 heteroatoms. The zero-order valence-corrected chi connectivity index (χ0v) is 13.1. The van der Waals surface area contributed by atoms with Gasteiger partial charge in [0, 0.05) is 0 Å². The zero-order valence-electron chi connectivity index (χ0n) is 11.9. The monoisotopic (exact) mass is 266 g/mol. The van der Waals surface area contributed by atoms with Crippen molar-refractivity contribution in [1.82, 2.24) is 0 Å². The van der Waals surface area contributed by atoms with Gasteiger partial charge in [-0.05, 0) is 30.6 Å². The molecule has 0 aliphatic heterocycles. The van der Waals surface area contributed by atoms with Crippen LogP contribution in [0.15, 0.2) is 11.9 Å². The predicted molar refractivity (Wildman–Crippen MR) is 84.7 cm³/mol. The van der Waals surface area contributed by atoms with E-state index in [0.717, 1.165) is 17.8 Å². The van der Waals surface area contributed by atoms with Crippen LogP contribution in [0.3, 0.4) is 0 Å². The molecular weight excluding hydrogens is 235 g/mol. The zero-order chi connectivity index (χ0) is 12.6. The predicted octanol–water partition coefficient (Wildman–Crippen LogP) is 5.93. The topological polar surface area (TPSA) is 0 Å². The molecule has 2 saturated carbocycles. The summed E-state index contributed by atoms with van der Waals surface area (Å²) >= 11 is 0. The van der Waals surface area contributed by atoms with Gasteiger partial charge in [-0.15, -0.1) is 9.24 Å². The summed E-state index contributed by atoms with van der Waals surface area (Å²) in [6.07, 6.45) is 20.3. The molecule has 0 spiro atoms. The van der Waals surface area contributed by atoms with E-state index in [1.165, 1.54) is 77.0 Å². The Kier molecular flexibility index (Phi) is 6.77. The van der Waals surface area contributed by atoms with E-state index < -0.39 is 0 Å². The summed E-state index contributed by atoms with van der Waals surface area (Å²) in [7, 11) is 2.72. The molecule has 2 rings (SSSR count). The highest BCUT2D eigenvalue weighted by atomic mass is 31.0. The molecule has 2 aliphatic rings. The molecular formula is C17H31P. The van der Waals surface area contributed by atoms with E-state index >= 15 is 0 Å². The summed E-state index contributed by atoms with van der Waals surface area (Å²) in [5.41, 5.74) is 0. The van der Waals surface area contributed by atoms with E-state index in [-0.39, 0.29) is 0 Å². The fourth-order valence-corrected chi connectivity index (χ4v) is 4.56. The van der Waals surface area contributed by atoms with Gasteiger partial charge in [-0.25, -0.2) is 0 Å². The minimum absolute atomic E-state index is 1.05. The molecule has 0 nitrogen and oxygen atoms in total. The van der Waals surface area contributed by atoms with E-state index in [9.17, 15) is 0 Å². The lowest BCUT2D eigenvalue weighted by molar-refractivity contribution is 0.135. The number of rotatable bonds is 5. The second-order valence-corrected chi connectivity index (χ2v) is 6.85. The Labute approximate surface area is 116 Å². The summed E-state index contributed by atoms with van der Waals surface area (Å²) in [6.45, 7) is 0. The Morgan fingerprint density at radius 2 is 1.33 bits per heavy atom. The Balaban J connectivity index is 1.91. The van der Waals surface area contributed by atoms with Crippen molar-refractivity contribution in [2.75, 3.05) is 0 Å². The van der Waals surface area contributed by atoms with E-state index in [1.807, 2.05) is 0 Å². The third-order valence-corrected chi connectivity index (χ3v) is 5.59. The summed E-state index contributed by atoms with van der Waals surface area (Å²) < 4.78 is 0. The number of hydrogen-bond donors (Lipinski definition) is 0. The molecule has 0 saturated heterocycles. The molecule has 2 fully saturated rings. The van der Waals surface area contributed by atoms with Crippen LogP contribution in [0.1, 0.15) is 77.0 Å². The Morgan fingerprint density at radius 3 is 1.78 bits per heavy atom. The first-order valence-corrected chi connectivity index (χ1v) is 8.95. The van der Waals surface area contributed by atoms with E-state index in [2.05, 4.69) is 21.1 Å². The molecule has 0 amide bonds. The molecule has 0 aromatic rings. The van der Waals surface area contributed by atoms with Crippen molar-refractivity contribution in [1.29, 1.82) is 0 Å². The van der Waals surface area contributed by atoms with Gasteiger partial charge in [-0.2, -0.15) is 0 Å². The lowest BCUT2D eigenvalue weighted by Gasteiger charge is -2.38. The lowest BCUT2D eigenvalue weighted by Crippen LogP contribution is -2.27. The maximum atomic E-state index is 2.72. The first-order valence-electron chi connectivity index (χ1n) is 8.28. The van der Waals surface area contributed by atoms with Gasteiger partial charge in [-0.1, -0.05) is 76.1 Å². The fraction of sp³-hybridized carbons (Fsp3) is 0.882. The van der Waals surface area contributed by atoms with Crippen molar-refractivity contribution in [3.63, 3.8) is 0 Å². The first kappa shape index (κ1) is 14.6. The molecule has 0 bridgehead atoms. The smallest absolute Gasteiger partial charge is 0.0345 e. The van der Waals surface area contributed by atoms with Crippen molar-refractivity contribution in [2.45, 2.75) is 77.0 Å². The van der Waals surface area contributed by atoms with Gasteiger partial charge in [-0.3, -0.25) is 0 Å². The van der Waals surface area contributed by atoms with Crippen LogP contribution in [0.2, 0.25) is 0 Å². The van der Waals surface area contributed by atoms with Crippen molar-refractivity contribution < 1.29 is 0 Å². The van der Waals surface area contributed by atoms with Gasteiger partial charge >= 0.3 is 0 Å². The molecule has 1 atom stereocenters. The molecule has 0 aromatic carbocycles. The second-order valence-electron chi connectivity index (χ2n) is 6.47. The molecule has 2 aliphatic carbocycles. The molecule has 0 aromatic heterocycles. The standard InChI is InChI=1S/C17H31P/c18-14-8-7-13-17(15-9-3-1-4-10-15)16-11-5-2-6-12-16/h8,14-17H,1-7,9-13,18H2. The minimum Gasteiger partial charge on any atom is -0.114 e. The summed E-state index contributed by atoms with van der Waals surface area (Å²) in [4.78, 5) is 0. The van der Waals surface area contributed by atoms with E-state index in [0.29, 0.717) is 0 Å². The lowest BCUT2D eigenvalue weighted by atomic mass is 9.68. The second kappa shape index (κ2) is 8.36. The van der Waals surface area contributed by atoms with Crippen LogP contribution >= 0.6 is 9.24 Å². The van der Waals surface area contributed by atoms with Crippen LogP contribution in [0.25, 0.3) is 0 Å². The molecule has 1 unspecified atom stereocenters. The van der Waals surface area contributed by atoms with Crippen LogP contribution in [-0.4, -0.2) is 0 Å². The normalized spacial score (nSPS) is 24.1. The largest absolute Gasteiger partial charge is 0.114 e. The molecule has 0 N–H and O–H groups in total. The van der Waals surface area contributed by atoms with Gasteiger partial charge in [0.15, 0.2) is 0 Å². The van der Waals surface area contributed by atoms with Gasteiger partial charge in [0.05, 0.1) is 0 Å². The first-order chi connectivity index (χ1) is 8.92. The fourth-order valence-electron chi connectivity index (χ4n) is 4.37. The Bertz CT molecular complexity index is 216. The Morgan fingerprint density at radius 1 is 0.833 bits per heavy atom. The Hall–Kier alpha value is 0.170. The highest BCUT2D eigenvalue weighted by Crippen LogP contribution is 2.42. The van der Waals surface area contributed by atoms with Gasteiger partial charge in [0.25, 0.3) is 0 Å². The summed E-state index contributed by atoms with van der Waals surface area (Å²) in [5.74, 6) is 5.34. The summed E-state index contributed by atoms with van der Waals surface area (Å²) in [5, 5.41) is 0. The van der Waals surface area contributed by atoms with Crippen LogP contribution < -0.4 is 0 Å².